The van der Waals surface area contributed by atoms with Crippen LogP contribution in [0.1, 0.15) is 96.1 Å². The van der Waals surface area contributed by atoms with Crippen LogP contribution < -0.4 is 10.2 Å². The van der Waals surface area contributed by atoms with E-state index in [0.29, 0.717) is 23.1 Å². The summed E-state index contributed by atoms with van der Waals surface area (Å²) in [6.07, 6.45) is 12.4. The Morgan fingerprint density at radius 3 is 2.64 bits per heavy atom. The molecule has 0 unspecified atom stereocenters. The van der Waals surface area contributed by atoms with Crippen LogP contribution in [0.4, 0.5) is 11.6 Å². The van der Waals surface area contributed by atoms with Crippen LogP contribution in [0, 0.1) is 12.8 Å². The number of methoxy groups -OCH3 is 1. The number of aromatic nitrogens is 5. The minimum Gasteiger partial charge on any atom is -0.464 e. The summed E-state index contributed by atoms with van der Waals surface area (Å²) in [5, 5.41) is 9.96. The van der Waals surface area contributed by atoms with Crippen molar-refractivity contribution in [2.45, 2.75) is 77.3 Å². The minimum absolute atomic E-state index is 0.178. The highest BCUT2D eigenvalue weighted by Gasteiger charge is 2.24. The molecule has 0 spiro atoms. The maximum atomic E-state index is 13.4. The number of amides is 1. The molecule has 262 valence electrons. The monoisotopic (exact) mass is 676 g/mol. The number of hydrogen-bond donors (Lipinski definition) is 2. The normalized spacial score (nSPS) is 17.2. The predicted molar refractivity (Wildman–Crippen MR) is 197 cm³/mol. The molecule has 0 aliphatic carbocycles. The molecule has 1 atom stereocenters. The van der Waals surface area contributed by atoms with Gasteiger partial charge in [0.25, 0.3) is 5.91 Å². The molecule has 2 N–H and O–H groups in total. The van der Waals surface area contributed by atoms with Gasteiger partial charge in [0.15, 0.2) is 5.69 Å². The molecule has 11 nitrogen and oxygen atoms in total. The first-order chi connectivity index (χ1) is 24.4. The molecular weight excluding hydrogens is 628 g/mol. The fraction of sp³-hybridized carbons (Fsp3) is 0.462. The number of carbonyl (C=O) groups excluding carboxylic acids is 2. The number of hydrogen-bond acceptors (Lipinski definition) is 8. The van der Waals surface area contributed by atoms with Crippen molar-refractivity contribution in [1.82, 2.24) is 29.6 Å². The number of piperidine rings is 1. The van der Waals surface area contributed by atoms with Crippen LogP contribution in [0.25, 0.3) is 21.8 Å². The molecule has 11 heteroatoms. The molecule has 7 rings (SSSR count). The lowest BCUT2D eigenvalue weighted by molar-refractivity contribution is 0.0594. The van der Waals surface area contributed by atoms with Crippen molar-refractivity contribution in [2.24, 2.45) is 5.92 Å². The largest absolute Gasteiger partial charge is 0.464 e. The smallest absolute Gasteiger partial charge is 0.356 e. The van der Waals surface area contributed by atoms with E-state index in [0.717, 1.165) is 97.5 Å². The Hall–Kier alpha value is -4.77. The highest BCUT2D eigenvalue weighted by Crippen LogP contribution is 2.32. The van der Waals surface area contributed by atoms with Gasteiger partial charge in [-0.1, -0.05) is 37.8 Å². The van der Waals surface area contributed by atoms with Crippen LogP contribution in [0.15, 0.2) is 54.7 Å². The zero-order valence-electron chi connectivity index (χ0n) is 29.5. The zero-order valence-corrected chi connectivity index (χ0v) is 29.5. The molecule has 4 aromatic heterocycles. The average Bonchev–Trinajstić information content (AvgIpc) is 3.85. The first-order valence-corrected chi connectivity index (χ1v) is 18.1. The molecule has 2 saturated heterocycles. The fourth-order valence-corrected chi connectivity index (χ4v) is 7.76. The molecule has 1 aromatic carbocycles. The van der Waals surface area contributed by atoms with Gasteiger partial charge in [-0.2, -0.15) is 5.10 Å². The quantitative estimate of drug-likeness (QED) is 0.104. The number of likely N-dealkylation sites (tertiary alicyclic amines) is 1. The van der Waals surface area contributed by atoms with Crippen LogP contribution in [-0.4, -0.2) is 75.3 Å². The number of esters is 1. The third-order valence-corrected chi connectivity index (χ3v) is 10.6. The van der Waals surface area contributed by atoms with Crippen molar-refractivity contribution >= 4 is 45.3 Å². The maximum absolute atomic E-state index is 13.4. The van der Waals surface area contributed by atoms with Gasteiger partial charge in [-0.15, -0.1) is 0 Å². The van der Waals surface area contributed by atoms with Gasteiger partial charge in [0.1, 0.15) is 11.6 Å². The molecule has 6 heterocycles. The van der Waals surface area contributed by atoms with Crippen LogP contribution in [-0.2, 0) is 11.3 Å². The fourth-order valence-electron chi connectivity index (χ4n) is 7.76. The van der Waals surface area contributed by atoms with Crippen LogP contribution in [0.2, 0.25) is 0 Å². The van der Waals surface area contributed by atoms with Gasteiger partial charge in [0, 0.05) is 60.0 Å². The molecule has 0 radical (unpaired) electrons. The number of ether oxygens (including phenoxy) is 1. The van der Waals surface area contributed by atoms with E-state index in [1.165, 1.54) is 38.5 Å². The van der Waals surface area contributed by atoms with E-state index >= 15 is 0 Å². The molecular formula is C39H48N8O3. The number of anilines is 2. The third kappa shape index (κ3) is 7.38. The Kier molecular flexibility index (Phi) is 10.1. The summed E-state index contributed by atoms with van der Waals surface area (Å²) in [5.74, 6) is 1.55. The molecule has 5 aromatic rings. The Labute approximate surface area is 293 Å². The van der Waals surface area contributed by atoms with Crippen molar-refractivity contribution in [3.63, 3.8) is 0 Å². The Bertz CT molecular complexity index is 1970. The van der Waals surface area contributed by atoms with E-state index < -0.39 is 5.97 Å². The maximum Gasteiger partial charge on any atom is 0.356 e. The number of aryl methyl sites for hydroxylation is 2. The first-order valence-electron chi connectivity index (χ1n) is 18.1. The van der Waals surface area contributed by atoms with Gasteiger partial charge < -0.3 is 19.9 Å². The van der Waals surface area contributed by atoms with Gasteiger partial charge >= 0.3 is 5.97 Å². The summed E-state index contributed by atoms with van der Waals surface area (Å²) in [7, 11) is 3.55. The van der Waals surface area contributed by atoms with Crippen molar-refractivity contribution in [2.75, 3.05) is 44.0 Å². The summed E-state index contributed by atoms with van der Waals surface area (Å²) < 4.78 is 6.89. The summed E-state index contributed by atoms with van der Waals surface area (Å²) in [6, 6.07) is 15.9. The number of fused-ring (bicyclic) bond motifs is 2. The highest BCUT2D eigenvalue weighted by atomic mass is 16.5. The Morgan fingerprint density at radius 1 is 1.00 bits per heavy atom. The second-order valence-electron chi connectivity index (χ2n) is 14.0. The predicted octanol–water partition coefficient (Wildman–Crippen LogP) is 7.29. The first kappa shape index (κ1) is 33.7. The lowest BCUT2D eigenvalue weighted by Gasteiger charge is -2.33. The topological polar surface area (TPSA) is 121 Å². The van der Waals surface area contributed by atoms with E-state index in [9.17, 15) is 9.59 Å². The SMILES string of the molecule is COC(=O)c1cccc(N2CCC(CCCCCCn3nc(C)c4ccc(C(=O)Nc5cc6[nH]c([C@H]7CCCN7C)cc6cn5)cc43)CC2)n1. The zero-order chi connectivity index (χ0) is 34.6. The van der Waals surface area contributed by atoms with Crippen LogP contribution >= 0.6 is 0 Å². The van der Waals surface area contributed by atoms with Crippen molar-refractivity contribution in [3.05, 3.63) is 77.4 Å². The number of benzene rings is 1. The number of unbranched alkanes of at least 4 members (excludes halogenated alkanes) is 3. The number of pyridine rings is 2. The van der Waals surface area contributed by atoms with Gasteiger partial charge in [-0.05, 0) is 88.9 Å². The van der Waals surface area contributed by atoms with Gasteiger partial charge in [-0.25, -0.2) is 14.8 Å². The van der Waals surface area contributed by atoms with Crippen molar-refractivity contribution in [3.8, 4) is 0 Å². The Morgan fingerprint density at radius 2 is 1.84 bits per heavy atom. The number of rotatable bonds is 12. The van der Waals surface area contributed by atoms with E-state index in [-0.39, 0.29) is 5.91 Å². The van der Waals surface area contributed by atoms with E-state index in [4.69, 9.17) is 9.84 Å². The summed E-state index contributed by atoms with van der Waals surface area (Å²) >= 11 is 0. The van der Waals surface area contributed by atoms with E-state index in [1.54, 1.807) is 6.07 Å². The third-order valence-electron chi connectivity index (χ3n) is 10.6. The number of H-pyrrole nitrogens is 1. The number of nitrogens with one attached hydrogen (secondary N) is 2. The van der Waals surface area contributed by atoms with Gasteiger partial charge in [0.05, 0.1) is 23.8 Å². The van der Waals surface area contributed by atoms with E-state index in [2.05, 4.69) is 47.9 Å². The van der Waals surface area contributed by atoms with Crippen LogP contribution in [0.5, 0.6) is 0 Å². The summed E-state index contributed by atoms with van der Waals surface area (Å²) in [5.41, 5.74) is 5.11. The molecule has 1 amide bonds. The average molecular weight is 677 g/mol. The molecule has 2 aliphatic rings. The van der Waals surface area contributed by atoms with Crippen molar-refractivity contribution in [1.29, 1.82) is 0 Å². The highest BCUT2D eigenvalue weighted by molar-refractivity contribution is 6.06. The molecule has 2 aliphatic heterocycles. The lowest BCUT2D eigenvalue weighted by Crippen LogP contribution is -2.34. The van der Waals surface area contributed by atoms with Crippen molar-refractivity contribution < 1.29 is 14.3 Å². The van der Waals surface area contributed by atoms with Gasteiger partial charge in [0.2, 0.25) is 0 Å². The Balaban J connectivity index is 0.879. The number of aromatic amines is 1. The minimum atomic E-state index is -0.397. The number of carbonyl (C=O) groups is 2. The van der Waals surface area contributed by atoms with Gasteiger partial charge in [-0.3, -0.25) is 14.4 Å². The molecule has 50 heavy (non-hydrogen) atoms. The molecule has 0 bridgehead atoms. The molecule has 2 fully saturated rings. The number of nitrogens with zero attached hydrogens (tertiary/aromatic N) is 6. The summed E-state index contributed by atoms with van der Waals surface area (Å²) in [6.45, 7) is 5.90. The summed E-state index contributed by atoms with van der Waals surface area (Å²) in [4.78, 5) is 42.5. The standard InChI is InChI=1S/C39H48N8O3/c1-26-30-15-14-28(38(48)43-36-24-32-29(25-40-36)22-33(41-32)34-12-9-18-45(34)2)23-35(30)47(44-26)19-7-5-4-6-10-27-16-20-46(21-17-27)37-13-8-11-31(42-37)39(49)50-3/h8,11,13-15,22-25,27,34,41H,4-7,9-10,12,16-21H2,1-3H3,(H,40,43,48)/t34-/m1/s1. The second-order valence-corrected chi connectivity index (χ2v) is 14.0. The van der Waals surface area contributed by atoms with Crippen LogP contribution in [0.3, 0.4) is 0 Å². The molecule has 0 saturated carbocycles. The lowest BCUT2D eigenvalue weighted by atomic mass is 9.91. The van der Waals surface area contributed by atoms with E-state index in [1.807, 2.05) is 49.5 Å². The second kappa shape index (κ2) is 15.0.